The number of ketones is 1. The van der Waals surface area contributed by atoms with Crippen molar-refractivity contribution in [3.05, 3.63) is 35.4 Å². The largest absolute Gasteiger partial charge is 0.385 e. The van der Waals surface area contributed by atoms with Crippen molar-refractivity contribution in [2.45, 2.75) is 19.0 Å². The van der Waals surface area contributed by atoms with Crippen molar-refractivity contribution < 1.29 is 19.2 Å². The van der Waals surface area contributed by atoms with Gasteiger partial charge in [0.15, 0.2) is 6.29 Å². The van der Waals surface area contributed by atoms with E-state index in [0.29, 0.717) is 26.0 Å². The number of carbonyl (C=O) groups is 2. The van der Waals surface area contributed by atoms with Gasteiger partial charge in [-0.05, 0) is 17.5 Å². The summed E-state index contributed by atoms with van der Waals surface area (Å²) >= 11 is 0. The molecular formula is C14H17NO4. The Morgan fingerprint density at radius 2 is 2.21 bits per heavy atom. The Labute approximate surface area is 112 Å². The highest BCUT2D eigenvalue weighted by Crippen LogP contribution is 2.33. The molecule has 0 radical (unpaired) electrons. The van der Waals surface area contributed by atoms with Gasteiger partial charge in [-0.15, -0.1) is 0 Å². The van der Waals surface area contributed by atoms with E-state index < -0.39 is 11.8 Å². The average Bonchev–Trinajstić information content (AvgIpc) is 2.81. The first kappa shape index (κ1) is 13.9. The van der Waals surface area contributed by atoms with E-state index in [1.807, 2.05) is 24.3 Å². The summed E-state index contributed by atoms with van der Waals surface area (Å²) in [5.41, 5.74) is 1.88. The molecule has 1 aromatic rings. The van der Waals surface area contributed by atoms with E-state index in [0.717, 1.165) is 17.5 Å². The number of hydrogen-bond acceptors (Lipinski definition) is 5. The lowest BCUT2D eigenvalue weighted by Gasteiger charge is -2.21. The first-order chi connectivity index (χ1) is 9.27. The lowest BCUT2D eigenvalue weighted by Crippen LogP contribution is -2.29. The molecule has 2 rings (SSSR count). The SMILES string of the molecule is COCCCON1Cc2ccccc2C1C(=O)C=O. The van der Waals surface area contributed by atoms with E-state index in [9.17, 15) is 9.59 Å². The van der Waals surface area contributed by atoms with Gasteiger partial charge in [0.1, 0.15) is 6.04 Å². The molecule has 102 valence electrons. The average molecular weight is 263 g/mol. The molecule has 0 N–H and O–H groups in total. The predicted molar refractivity (Wildman–Crippen MR) is 68.2 cm³/mol. The zero-order valence-corrected chi connectivity index (χ0v) is 10.9. The van der Waals surface area contributed by atoms with Crippen molar-refractivity contribution in [3.8, 4) is 0 Å². The molecule has 0 spiro atoms. The summed E-state index contributed by atoms with van der Waals surface area (Å²) in [6, 6.07) is 6.96. The van der Waals surface area contributed by atoms with E-state index >= 15 is 0 Å². The van der Waals surface area contributed by atoms with Crippen LogP contribution >= 0.6 is 0 Å². The quantitative estimate of drug-likeness (QED) is 0.421. The van der Waals surface area contributed by atoms with Crippen LogP contribution in [0.25, 0.3) is 0 Å². The van der Waals surface area contributed by atoms with Gasteiger partial charge in [0, 0.05) is 13.7 Å². The summed E-state index contributed by atoms with van der Waals surface area (Å²) in [5.74, 6) is -0.475. The molecule has 1 heterocycles. The van der Waals surface area contributed by atoms with Crippen molar-refractivity contribution in [3.63, 3.8) is 0 Å². The van der Waals surface area contributed by atoms with Crippen LogP contribution in [0.5, 0.6) is 0 Å². The van der Waals surface area contributed by atoms with Gasteiger partial charge in [0.05, 0.1) is 13.2 Å². The third-order valence-electron chi connectivity index (χ3n) is 3.10. The van der Waals surface area contributed by atoms with Gasteiger partial charge in [-0.25, -0.2) is 0 Å². The van der Waals surface area contributed by atoms with Gasteiger partial charge in [-0.2, -0.15) is 5.06 Å². The van der Waals surface area contributed by atoms with Crippen LogP contribution in [0, 0.1) is 0 Å². The molecular weight excluding hydrogens is 246 g/mol. The fourth-order valence-corrected chi connectivity index (χ4v) is 2.22. The van der Waals surface area contributed by atoms with E-state index in [1.54, 1.807) is 12.2 Å². The fraction of sp³-hybridized carbons (Fsp3) is 0.429. The van der Waals surface area contributed by atoms with Gasteiger partial charge < -0.3 is 4.74 Å². The molecule has 5 nitrogen and oxygen atoms in total. The van der Waals surface area contributed by atoms with Crippen LogP contribution < -0.4 is 0 Å². The summed E-state index contributed by atoms with van der Waals surface area (Å²) in [7, 11) is 1.63. The number of methoxy groups -OCH3 is 1. The Hall–Kier alpha value is -1.56. The molecule has 0 saturated carbocycles. The first-order valence-electron chi connectivity index (χ1n) is 6.23. The summed E-state index contributed by atoms with van der Waals surface area (Å²) in [5, 5.41) is 1.58. The normalized spacial score (nSPS) is 18.3. The van der Waals surface area contributed by atoms with Crippen LogP contribution in [0.4, 0.5) is 0 Å². The second-order valence-corrected chi connectivity index (χ2v) is 4.38. The number of nitrogens with zero attached hydrogens (tertiary/aromatic N) is 1. The molecule has 0 bridgehead atoms. The van der Waals surface area contributed by atoms with Crippen molar-refractivity contribution in [1.29, 1.82) is 0 Å². The number of fused-ring (bicyclic) bond motifs is 1. The molecule has 5 heteroatoms. The second-order valence-electron chi connectivity index (χ2n) is 4.38. The Balaban J connectivity index is 2.08. The Morgan fingerprint density at radius 1 is 1.42 bits per heavy atom. The number of Topliss-reactive ketones (excluding diaryl/α,β-unsaturated/α-hetero) is 1. The Morgan fingerprint density at radius 3 is 2.95 bits per heavy atom. The minimum absolute atomic E-state index is 0.359. The standard InChI is InChI=1S/C14H17NO4/c1-18-7-4-8-19-15-9-11-5-2-3-6-12(11)14(15)13(17)10-16/h2-3,5-6,10,14H,4,7-9H2,1H3. The van der Waals surface area contributed by atoms with Crippen LogP contribution in [-0.2, 0) is 25.7 Å². The van der Waals surface area contributed by atoms with Crippen molar-refractivity contribution in [2.24, 2.45) is 0 Å². The zero-order valence-electron chi connectivity index (χ0n) is 10.9. The lowest BCUT2D eigenvalue weighted by molar-refractivity contribution is -0.191. The zero-order chi connectivity index (χ0) is 13.7. The van der Waals surface area contributed by atoms with Crippen LogP contribution in [0.2, 0.25) is 0 Å². The molecule has 1 aliphatic rings. The predicted octanol–water partition coefficient (Wildman–Crippen LogP) is 1.28. The van der Waals surface area contributed by atoms with E-state index in [-0.39, 0.29) is 0 Å². The third kappa shape index (κ3) is 3.07. The summed E-state index contributed by atoms with van der Waals surface area (Å²) in [6.45, 7) is 1.59. The van der Waals surface area contributed by atoms with Crippen molar-refractivity contribution in [2.75, 3.05) is 20.3 Å². The number of rotatable bonds is 7. The summed E-state index contributed by atoms with van der Waals surface area (Å²) < 4.78 is 4.94. The monoisotopic (exact) mass is 263 g/mol. The van der Waals surface area contributed by atoms with E-state index in [1.165, 1.54) is 0 Å². The van der Waals surface area contributed by atoms with Crippen LogP contribution in [0.3, 0.4) is 0 Å². The molecule has 1 aromatic carbocycles. The van der Waals surface area contributed by atoms with Crippen LogP contribution in [0.15, 0.2) is 24.3 Å². The summed E-state index contributed by atoms with van der Waals surface area (Å²) in [6.07, 6.45) is 1.10. The van der Waals surface area contributed by atoms with E-state index in [2.05, 4.69) is 0 Å². The molecule has 0 fully saturated rings. The van der Waals surface area contributed by atoms with Gasteiger partial charge in [0.25, 0.3) is 0 Å². The molecule has 1 aliphatic heterocycles. The van der Waals surface area contributed by atoms with Crippen molar-refractivity contribution >= 4 is 12.1 Å². The third-order valence-corrected chi connectivity index (χ3v) is 3.10. The number of aldehydes is 1. The van der Waals surface area contributed by atoms with Crippen LogP contribution in [0.1, 0.15) is 23.6 Å². The van der Waals surface area contributed by atoms with Crippen LogP contribution in [-0.4, -0.2) is 37.5 Å². The van der Waals surface area contributed by atoms with E-state index in [4.69, 9.17) is 9.57 Å². The van der Waals surface area contributed by atoms with Gasteiger partial charge >= 0.3 is 0 Å². The topological polar surface area (TPSA) is 55.8 Å². The molecule has 0 aromatic heterocycles. The lowest BCUT2D eigenvalue weighted by atomic mass is 10.0. The second kappa shape index (κ2) is 6.56. The maximum atomic E-state index is 11.8. The fourth-order valence-electron chi connectivity index (χ4n) is 2.22. The minimum Gasteiger partial charge on any atom is -0.385 e. The highest BCUT2D eigenvalue weighted by molar-refractivity contribution is 6.27. The smallest absolute Gasteiger partial charge is 0.219 e. The molecule has 0 aliphatic carbocycles. The van der Waals surface area contributed by atoms with Gasteiger partial charge in [-0.1, -0.05) is 24.3 Å². The maximum Gasteiger partial charge on any atom is 0.219 e. The van der Waals surface area contributed by atoms with Crippen molar-refractivity contribution in [1.82, 2.24) is 5.06 Å². The molecule has 0 amide bonds. The number of hydrogen-bond donors (Lipinski definition) is 0. The van der Waals surface area contributed by atoms with Gasteiger partial charge in [-0.3, -0.25) is 14.4 Å². The molecule has 1 unspecified atom stereocenters. The number of benzene rings is 1. The Kier molecular flexibility index (Phi) is 4.79. The summed E-state index contributed by atoms with van der Waals surface area (Å²) in [4.78, 5) is 28.1. The highest BCUT2D eigenvalue weighted by atomic mass is 16.7. The maximum absolute atomic E-state index is 11.8. The number of hydroxylamine groups is 2. The Bertz CT molecular complexity index is 461. The first-order valence-corrected chi connectivity index (χ1v) is 6.23. The highest BCUT2D eigenvalue weighted by Gasteiger charge is 2.35. The number of carbonyl (C=O) groups excluding carboxylic acids is 2. The molecule has 0 saturated heterocycles. The molecule has 1 atom stereocenters. The minimum atomic E-state index is -0.615. The van der Waals surface area contributed by atoms with Gasteiger partial charge in [0.2, 0.25) is 5.78 Å². The number of ether oxygens (including phenoxy) is 1. The molecule has 19 heavy (non-hydrogen) atoms.